The molecule has 0 aliphatic rings. The van der Waals surface area contributed by atoms with Gasteiger partial charge < -0.3 is 10.0 Å². The van der Waals surface area contributed by atoms with Gasteiger partial charge in [-0.1, -0.05) is 23.7 Å². The van der Waals surface area contributed by atoms with Crippen molar-refractivity contribution in [1.29, 1.82) is 0 Å². The molecule has 0 bridgehead atoms. The van der Waals surface area contributed by atoms with Crippen LogP contribution in [0.15, 0.2) is 29.6 Å². The van der Waals surface area contributed by atoms with Gasteiger partial charge in [0.05, 0.1) is 17.8 Å². The first kappa shape index (κ1) is 14.3. The van der Waals surface area contributed by atoms with Crippen molar-refractivity contribution >= 4 is 28.1 Å². The quantitative estimate of drug-likeness (QED) is 0.925. The summed E-state index contributed by atoms with van der Waals surface area (Å²) < 4.78 is 0. The van der Waals surface area contributed by atoms with Crippen LogP contribution >= 0.6 is 22.9 Å². The molecule has 0 aliphatic heterocycles. The average Bonchev–Trinajstić information content (AvgIpc) is 2.87. The minimum absolute atomic E-state index is 0.199. The largest absolute Gasteiger partial charge is 0.387 e. The third-order valence-electron chi connectivity index (χ3n) is 3.17. The number of halogens is 1. The molecule has 1 aromatic heterocycles. The van der Waals surface area contributed by atoms with E-state index in [1.54, 1.807) is 18.3 Å². The molecule has 3 nitrogen and oxygen atoms in total. The third kappa shape index (κ3) is 3.26. The van der Waals surface area contributed by atoms with Crippen LogP contribution < -0.4 is 4.90 Å². The van der Waals surface area contributed by atoms with Crippen molar-refractivity contribution in [2.24, 2.45) is 0 Å². The van der Waals surface area contributed by atoms with Crippen LogP contribution in [0.2, 0.25) is 5.02 Å². The minimum atomic E-state index is -0.524. The molecule has 0 saturated heterocycles. The van der Waals surface area contributed by atoms with Gasteiger partial charge in [-0.2, -0.15) is 0 Å². The molecule has 2 aromatic rings. The number of rotatable bonds is 4. The Labute approximate surface area is 122 Å². The van der Waals surface area contributed by atoms with Gasteiger partial charge in [0.1, 0.15) is 0 Å². The molecular formula is C14H17ClN2OS. The van der Waals surface area contributed by atoms with Crippen molar-refractivity contribution < 1.29 is 5.11 Å². The highest BCUT2D eigenvalue weighted by Crippen LogP contribution is 2.30. The normalized spacial score (nSPS) is 14.2. The Morgan fingerprint density at radius 3 is 2.42 bits per heavy atom. The maximum atomic E-state index is 9.52. The third-order valence-corrected chi connectivity index (χ3v) is 4.37. The highest BCUT2D eigenvalue weighted by Gasteiger charge is 2.16. The Kier molecular flexibility index (Phi) is 4.45. The second-order valence-electron chi connectivity index (χ2n) is 4.57. The van der Waals surface area contributed by atoms with E-state index in [9.17, 15) is 5.11 Å². The first-order chi connectivity index (χ1) is 8.99. The van der Waals surface area contributed by atoms with Crippen molar-refractivity contribution in [2.75, 3.05) is 11.9 Å². The van der Waals surface area contributed by atoms with Crippen LogP contribution in [0.25, 0.3) is 0 Å². The number of benzene rings is 1. The number of hydrogen-bond acceptors (Lipinski definition) is 4. The lowest BCUT2D eigenvalue weighted by atomic mass is 10.1. The van der Waals surface area contributed by atoms with Crippen molar-refractivity contribution in [2.45, 2.75) is 26.0 Å². The van der Waals surface area contributed by atoms with Crippen LogP contribution in [-0.4, -0.2) is 17.1 Å². The summed E-state index contributed by atoms with van der Waals surface area (Å²) in [6, 6.07) is 8.03. The van der Waals surface area contributed by atoms with Crippen molar-refractivity contribution in [3.05, 3.63) is 45.9 Å². The fourth-order valence-corrected chi connectivity index (χ4v) is 2.84. The van der Waals surface area contributed by atoms with Crippen LogP contribution in [-0.2, 0) is 0 Å². The molecule has 2 unspecified atom stereocenters. The lowest BCUT2D eigenvalue weighted by Crippen LogP contribution is -2.21. The predicted octanol–water partition coefficient (Wildman–Crippen LogP) is 4.05. The van der Waals surface area contributed by atoms with Crippen molar-refractivity contribution in [3.8, 4) is 0 Å². The van der Waals surface area contributed by atoms with Crippen molar-refractivity contribution in [1.82, 2.24) is 4.98 Å². The van der Waals surface area contributed by atoms with Crippen LogP contribution in [0, 0.1) is 0 Å². The van der Waals surface area contributed by atoms with Crippen LogP contribution in [0.3, 0.4) is 0 Å². The summed E-state index contributed by atoms with van der Waals surface area (Å²) in [5, 5.41) is 13.1. The Morgan fingerprint density at radius 2 is 1.89 bits per heavy atom. The predicted molar refractivity (Wildman–Crippen MR) is 81.0 cm³/mol. The lowest BCUT2D eigenvalue weighted by Gasteiger charge is -2.24. The van der Waals surface area contributed by atoms with Gasteiger partial charge in [-0.25, -0.2) is 4.98 Å². The van der Waals surface area contributed by atoms with Gasteiger partial charge >= 0.3 is 0 Å². The van der Waals surface area contributed by atoms with E-state index in [-0.39, 0.29) is 6.04 Å². The number of nitrogens with zero attached hydrogens (tertiary/aromatic N) is 2. The maximum Gasteiger partial charge on any atom is 0.185 e. The van der Waals surface area contributed by atoms with Gasteiger partial charge in [0.25, 0.3) is 0 Å². The van der Waals surface area contributed by atoms with Gasteiger partial charge in [0.15, 0.2) is 5.13 Å². The summed E-state index contributed by atoms with van der Waals surface area (Å²) in [4.78, 5) is 6.54. The summed E-state index contributed by atoms with van der Waals surface area (Å²) in [6.07, 6.45) is -0.524. The first-order valence-electron chi connectivity index (χ1n) is 6.11. The van der Waals surface area contributed by atoms with Crippen LogP contribution in [0.1, 0.15) is 37.3 Å². The summed E-state index contributed by atoms with van der Waals surface area (Å²) in [5.74, 6) is 0. The highest BCUT2D eigenvalue weighted by atomic mass is 35.5. The van der Waals surface area contributed by atoms with Crippen molar-refractivity contribution in [3.63, 3.8) is 0 Å². The minimum Gasteiger partial charge on any atom is -0.387 e. The maximum absolute atomic E-state index is 9.52. The standard InChI is InChI=1S/C14H17ClN2OS/c1-9(11-4-6-12(15)7-5-11)17(3)14-16-13(8-19-14)10(2)18/h4-10,18H,1-3H3. The van der Waals surface area contributed by atoms with E-state index < -0.39 is 6.10 Å². The van der Waals surface area contributed by atoms with E-state index >= 15 is 0 Å². The van der Waals surface area contributed by atoms with Gasteiger partial charge in [0, 0.05) is 17.5 Å². The van der Waals surface area contributed by atoms with Gasteiger partial charge in [-0.3, -0.25) is 0 Å². The second-order valence-corrected chi connectivity index (χ2v) is 5.84. The lowest BCUT2D eigenvalue weighted by molar-refractivity contribution is 0.195. The van der Waals surface area contributed by atoms with E-state index in [4.69, 9.17) is 11.6 Å². The fraction of sp³-hybridized carbons (Fsp3) is 0.357. The molecule has 0 fully saturated rings. The summed E-state index contributed by atoms with van der Waals surface area (Å²) in [6.45, 7) is 3.84. The van der Waals surface area contributed by atoms with Gasteiger partial charge in [-0.15, -0.1) is 11.3 Å². The monoisotopic (exact) mass is 296 g/mol. The average molecular weight is 297 g/mol. The molecule has 0 aliphatic carbocycles. The molecule has 1 aromatic carbocycles. The molecule has 0 spiro atoms. The summed E-state index contributed by atoms with van der Waals surface area (Å²) in [5.41, 5.74) is 1.90. The number of aliphatic hydroxyl groups excluding tert-OH is 1. The van der Waals surface area contributed by atoms with Crippen LogP contribution in [0.5, 0.6) is 0 Å². The van der Waals surface area contributed by atoms with Crippen LogP contribution in [0.4, 0.5) is 5.13 Å². The zero-order valence-corrected chi connectivity index (χ0v) is 12.7. The SMILES string of the molecule is CC(O)c1csc(N(C)C(C)c2ccc(Cl)cc2)n1. The van der Waals surface area contributed by atoms with Gasteiger partial charge in [-0.05, 0) is 31.5 Å². The molecule has 2 rings (SSSR count). The fourth-order valence-electron chi connectivity index (χ4n) is 1.76. The van der Waals surface area contributed by atoms with E-state index in [0.717, 1.165) is 15.8 Å². The molecule has 2 atom stereocenters. The Bertz CT molecular complexity index is 539. The Balaban J connectivity index is 2.17. The Hall–Kier alpha value is -1.10. The number of anilines is 1. The summed E-state index contributed by atoms with van der Waals surface area (Å²) >= 11 is 7.44. The Morgan fingerprint density at radius 1 is 1.26 bits per heavy atom. The molecule has 1 N–H and O–H groups in total. The smallest absolute Gasteiger partial charge is 0.185 e. The number of hydrogen-bond donors (Lipinski definition) is 1. The highest BCUT2D eigenvalue weighted by molar-refractivity contribution is 7.13. The number of aliphatic hydroxyl groups is 1. The second kappa shape index (κ2) is 5.90. The van der Waals surface area contributed by atoms with E-state index in [1.165, 1.54) is 5.56 Å². The molecule has 19 heavy (non-hydrogen) atoms. The van der Waals surface area contributed by atoms with E-state index in [2.05, 4.69) is 16.8 Å². The van der Waals surface area contributed by atoms with E-state index in [1.807, 2.05) is 36.7 Å². The first-order valence-corrected chi connectivity index (χ1v) is 7.36. The molecular weight excluding hydrogens is 280 g/mol. The molecule has 1 heterocycles. The molecule has 0 radical (unpaired) electrons. The molecule has 0 saturated carbocycles. The number of thiazole rings is 1. The molecule has 102 valence electrons. The molecule has 0 amide bonds. The number of aromatic nitrogens is 1. The van der Waals surface area contributed by atoms with Gasteiger partial charge in [0.2, 0.25) is 0 Å². The van der Waals surface area contributed by atoms with E-state index in [0.29, 0.717) is 0 Å². The zero-order chi connectivity index (χ0) is 14.0. The molecule has 5 heteroatoms. The topological polar surface area (TPSA) is 36.4 Å². The summed E-state index contributed by atoms with van der Waals surface area (Å²) in [7, 11) is 2.00. The zero-order valence-electron chi connectivity index (χ0n) is 11.2.